The highest BCUT2D eigenvalue weighted by molar-refractivity contribution is 5.78. The van der Waals surface area contributed by atoms with Gasteiger partial charge in [-0.15, -0.1) is 0 Å². The lowest BCUT2D eigenvalue weighted by molar-refractivity contribution is -0.134. The highest BCUT2D eigenvalue weighted by Gasteiger charge is 2.20. The molecule has 0 aromatic carbocycles. The van der Waals surface area contributed by atoms with Crippen molar-refractivity contribution in [1.29, 1.82) is 0 Å². The minimum Gasteiger partial charge on any atom is -0.345 e. The number of unbranched alkanes of at least 4 members (excludes halogenated alkanes) is 1. The fourth-order valence-corrected chi connectivity index (χ4v) is 2.05. The van der Waals surface area contributed by atoms with Crippen molar-refractivity contribution in [2.45, 2.75) is 65.8 Å². The molecule has 0 aliphatic carbocycles. The van der Waals surface area contributed by atoms with Crippen molar-refractivity contribution >= 4 is 5.91 Å². The van der Waals surface area contributed by atoms with Crippen LogP contribution in [0.3, 0.4) is 0 Å². The molecule has 3 heteroatoms. The molecule has 0 saturated heterocycles. The van der Waals surface area contributed by atoms with Crippen LogP contribution in [-0.2, 0) is 4.79 Å². The van der Waals surface area contributed by atoms with Crippen molar-refractivity contribution in [1.82, 2.24) is 4.90 Å². The maximum Gasteiger partial charge on any atom is 0.225 e. The van der Waals surface area contributed by atoms with Crippen molar-refractivity contribution in [2.75, 3.05) is 13.6 Å². The standard InChI is InChI=1S/C15H32N2O/c1-6-8-9-13(7-2)15(18)17(5)11-10-14(16)12(3)4/h12-14H,6-11,16H2,1-5H3. The number of rotatable bonds is 9. The van der Waals surface area contributed by atoms with Crippen LogP contribution >= 0.6 is 0 Å². The van der Waals surface area contributed by atoms with Crippen molar-refractivity contribution in [3.63, 3.8) is 0 Å². The lowest BCUT2D eigenvalue weighted by Crippen LogP contribution is -2.37. The van der Waals surface area contributed by atoms with Gasteiger partial charge in [0.25, 0.3) is 0 Å². The maximum atomic E-state index is 12.2. The number of hydrogen-bond donors (Lipinski definition) is 1. The summed E-state index contributed by atoms with van der Waals surface area (Å²) in [7, 11) is 1.91. The van der Waals surface area contributed by atoms with Gasteiger partial charge < -0.3 is 10.6 Å². The number of amides is 1. The zero-order valence-electron chi connectivity index (χ0n) is 12.9. The summed E-state index contributed by atoms with van der Waals surface area (Å²) in [6, 6.07) is 0.191. The normalized spacial score (nSPS) is 14.6. The molecular weight excluding hydrogens is 224 g/mol. The van der Waals surface area contributed by atoms with Crippen LogP contribution in [0.15, 0.2) is 0 Å². The molecule has 2 atom stereocenters. The molecule has 0 rings (SSSR count). The Labute approximate surface area is 113 Å². The van der Waals surface area contributed by atoms with Gasteiger partial charge in [0.15, 0.2) is 0 Å². The van der Waals surface area contributed by atoms with E-state index in [4.69, 9.17) is 5.73 Å². The minimum atomic E-state index is 0.191. The molecule has 0 aliphatic heterocycles. The van der Waals surface area contributed by atoms with E-state index in [1.807, 2.05) is 11.9 Å². The third-order valence-electron chi connectivity index (χ3n) is 3.78. The molecule has 3 nitrogen and oxygen atoms in total. The molecular formula is C15H32N2O. The number of carbonyl (C=O) groups is 1. The van der Waals surface area contributed by atoms with Crippen molar-refractivity contribution in [3.8, 4) is 0 Å². The van der Waals surface area contributed by atoms with E-state index in [0.29, 0.717) is 11.8 Å². The van der Waals surface area contributed by atoms with Crippen molar-refractivity contribution in [3.05, 3.63) is 0 Å². The molecule has 0 heterocycles. The number of nitrogens with two attached hydrogens (primary N) is 1. The Bertz CT molecular complexity index is 229. The second kappa shape index (κ2) is 9.37. The molecule has 0 aromatic heterocycles. The lowest BCUT2D eigenvalue weighted by atomic mass is 9.97. The summed E-state index contributed by atoms with van der Waals surface area (Å²) >= 11 is 0. The molecule has 18 heavy (non-hydrogen) atoms. The van der Waals surface area contributed by atoms with Crippen molar-refractivity contribution < 1.29 is 4.79 Å². The number of nitrogens with zero attached hydrogens (tertiary/aromatic N) is 1. The van der Waals surface area contributed by atoms with Gasteiger partial charge in [0, 0.05) is 25.6 Å². The predicted molar refractivity (Wildman–Crippen MR) is 78.4 cm³/mol. The third-order valence-corrected chi connectivity index (χ3v) is 3.78. The summed E-state index contributed by atoms with van der Waals surface area (Å²) in [4.78, 5) is 14.1. The molecule has 0 bridgehead atoms. The van der Waals surface area contributed by atoms with Gasteiger partial charge >= 0.3 is 0 Å². The summed E-state index contributed by atoms with van der Waals surface area (Å²) in [5.41, 5.74) is 6.02. The first kappa shape index (κ1) is 17.4. The quantitative estimate of drug-likeness (QED) is 0.689. The highest BCUT2D eigenvalue weighted by Crippen LogP contribution is 2.15. The van der Waals surface area contributed by atoms with Gasteiger partial charge in [-0.1, -0.05) is 40.5 Å². The fourth-order valence-electron chi connectivity index (χ4n) is 2.05. The average molecular weight is 256 g/mol. The van der Waals surface area contributed by atoms with Crippen LogP contribution in [-0.4, -0.2) is 30.4 Å². The van der Waals surface area contributed by atoms with E-state index in [-0.39, 0.29) is 12.0 Å². The molecule has 0 radical (unpaired) electrons. The van der Waals surface area contributed by atoms with Crippen LogP contribution in [0.5, 0.6) is 0 Å². The Morgan fingerprint density at radius 2 is 1.83 bits per heavy atom. The number of carbonyl (C=O) groups excluding carboxylic acids is 1. The Hall–Kier alpha value is -0.570. The maximum absolute atomic E-state index is 12.2. The van der Waals surface area contributed by atoms with Crippen LogP contribution < -0.4 is 5.73 Å². The highest BCUT2D eigenvalue weighted by atomic mass is 16.2. The Morgan fingerprint density at radius 1 is 1.22 bits per heavy atom. The van der Waals surface area contributed by atoms with Gasteiger partial charge in [-0.2, -0.15) is 0 Å². The first-order chi connectivity index (χ1) is 8.43. The molecule has 0 spiro atoms. The molecule has 2 N–H and O–H groups in total. The first-order valence-electron chi connectivity index (χ1n) is 7.44. The predicted octanol–water partition coefficient (Wildman–Crippen LogP) is 3.03. The summed E-state index contributed by atoms with van der Waals surface area (Å²) in [5.74, 6) is 0.975. The van der Waals surface area contributed by atoms with Crippen LogP contribution in [0.4, 0.5) is 0 Å². The summed E-state index contributed by atoms with van der Waals surface area (Å²) < 4.78 is 0. The second-order valence-corrected chi connectivity index (χ2v) is 5.70. The largest absolute Gasteiger partial charge is 0.345 e. The van der Waals surface area contributed by atoms with Gasteiger partial charge in [0.05, 0.1) is 0 Å². The zero-order chi connectivity index (χ0) is 14.1. The second-order valence-electron chi connectivity index (χ2n) is 5.70. The van der Waals surface area contributed by atoms with Crippen molar-refractivity contribution in [2.24, 2.45) is 17.6 Å². The zero-order valence-corrected chi connectivity index (χ0v) is 12.9. The molecule has 108 valence electrons. The summed E-state index contributed by atoms with van der Waals surface area (Å²) in [5, 5.41) is 0. The van der Waals surface area contributed by atoms with E-state index in [9.17, 15) is 4.79 Å². The number of hydrogen-bond acceptors (Lipinski definition) is 2. The molecule has 0 aliphatic rings. The molecule has 0 saturated carbocycles. The van der Waals surface area contributed by atoms with E-state index >= 15 is 0 Å². The van der Waals surface area contributed by atoms with E-state index in [1.54, 1.807) is 0 Å². The SMILES string of the molecule is CCCCC(CC)C(=O)N(C)CCC(N)C(C)C. The van der Waals surface area contributed by atoms with E-state index < -0.39 is 0 Å². The minimum absolute atomic E-state index is 0.191. The van der Waals surface area contributed by atoms with Crippen LogP contribution in [0.1, 0.15) is 59.8 Å². The lowest BCUT2D eigenvalue weighted by Gasteiger charge is -2.25. The van der Waals surface area contributed by atoms with Gasteiger partial charge in [0.1, 0.15) is 0 Å². The Morgan fingerprint density at radius 3 is 2.28 bits per heavy atom. The van der Waals surface area contributed by atoms with Crippen LogP contribution in [0, 0.1) is 11.8 Å². The fraction of sp³-hybridized carbons (Fsp3) is 0.933. The Kier molecular flexibility index (Phi) is 9.08. The smallest absolute Gasteiger partial charge is 0.225 e. The third kappa shape index (κ3) is 6.39. The molecule has 0 fully saturated rings. The Balaban J connectivity index is 4.14. The van der Waals surface area contributed by atoms with Gasteiger partial charge in [-0.3, -0.25) is 4.79 Å². The van der Waals surface area contributed by atoms with E-state index in [0.717, 1.165) is 38.6 Å². The van der Waals surface area contributed by atoms with Gasteiger partial charge in [0.2, 0.25) is 5.91 Å². The summed E-state index contributed by atoms with van der Waals surface area (Å²) in [6.45, 7) is 9.31. The molecule has 2 unspecified atom stereocenters. The van der Waals surface area contributed by atoms with Crippen LogP contribution in [0.2, 0.25) is 0 Å². The van der Waals surface area contributed by atoms with Gasteiger partial charge in [-0.05, 0) is 25.2 Å². The monoisotopic (exact) mass is 256 g/mol. The summed E-state index contributed by atoms with van der Waals surface area (Å²) in [6.07, 6.45) is 5.16. The topological polar surface area (TPSA) is 46.3 Å². The average Bonchev–Trinajstić information content (AvgIpc) is 2.35. The van der Waals surface area contributed by atoms with Gasteiger partial charge in [-0.25, -0.2) is 0 Å². The molecule has 0 aromatic rings. The molecule has 1 amide bonds. The first-order valence-corrected chi connectivity index (χ1v) is 7.44. The van der Waals surface area contributed by atoms with E-state index in [1.165, 1.54) is 0 Å². The van der Waals surface area contributed by atoms with E-state index in [2.05, 4.69) is 27.7 Å². The van der Waals surface area contributed by atoms with Crippen LogP contribution in [0.25, 0.3) is 0 Å².